The number of esters is 1. The molecule has 0 spiro atoms. The number of hydrogen-bond acceptors (Lipinski definition) is 5. The molecule has 2 aromatic heterocycles. The summed E-state index contributed by atoms with van der Waals surface area (Å²) in [7, 11) is 0. The molecule has 0 bridgehead atoms. The average Bonchev–Trinajstić information content (AvgIpc) is 2.89. The van der Waals surface area contributed by atoms with Gasteiger partial charge in [-0.25, -0.2) is 9.78 Å². The lowest BCUT2D eigenvalue weighted by Gasteiger charge is -2.03. The van der Waals surface area contributed by atoms with E-state index >= 15 is 0 Å². The van der Waals surface area contributed by atoms with Crippen molar-refractivity contribution in [1.82, 2.24) is 4.98 Å². The van der Waals surface area contributed by atoms with Crippen LogP contribution in [0, 0.1) is 0 Å². The zero-order chi connectivity index (χ0) is 12.1. The maximum atomic E-state index is 11.6. The van der Waals surface area contributed by atoms with Crippen molar-refractivity contribution in [2.45, 2.75) is 13.2 Å². The average molecular weight is 248 g/mol. The van der Waals surface area contributed by atoms with E-state index in [9.17, 15) is 4.79 Å². The van der Waals surface area contributed by atoms with Gasteiger partial charge in [-0.05, 0) is 23.1 Å². The Morgan fingerprint density at radius 2 is 2.29 bits per heavy atom. The number of hydrogen-bond donors (Lipinski definition) is 1. The largest absolute Gasteiger partial charge is 0.455 e. The van der Waals surface area contributed by atoms with Crippen LogP contribution in [0.4, 0.5) is 0 Å². The number of carbonyl (C=O) groups is 1. The van der Waals surface area contributed by atoms with Gasteiger partial charge in [0.25, 0.3) is 0 Å². The maximum Gasteiger partial charge on any atom is 0.357 e. The molecule has 88 valence electrons. The molecule has 0 aromatic carbocycles. The number of thiophene rings is 1. The number of ether oxygens (including phenoxy) is 1. The normalized spacial score (nSPS) is 10.2. The van der Waals surface area contributed by atoms with E-state index in [4.69, 9.17) is 10.5 Å². The van der Waals surface area contributed by atoms with Gasteiger partial charge in [-0.2, -0.15) is 0 Å². The van der Waals surface area contributed by atoms with Crippen LogP contribution in [-0.2, 0) is 17.9 Å². The topological polar surface area (TPSA) is 65.2 Å². The van der Waals surface area contributed by atoms with Crippen molar-refractivity contribution in [3.8, 4) is 0 Å². The van der Waals surface area contributed by atoms with Crippen LogP contribution in [0.1, 0.15) is 20.9 Å². The first-order valence-electron chi connectivity index (χ1n) is 5.14. The molecule has 0 aliphatic rings. The molecule has 0 amide bonds. The van der Waals surface area contributed by atoms with Gasteiger partial charge in [0.05, 0.1) is 0 Å². The predicted octanol–water partition coefficient (Wildman–Crippen LogP) is 1.96. The van der Waals surface area contributed by atoms with E-state index in [0.717, 1.165) is 10.4 Å². The van der Waals surface area contributed by atoms with Crippen molar-refractivity contribution in [3.05, 3.63) is 52.0 Å². The molecule has 2 rings (SSSR count). The number of nitrogens with two attached hydrogens (primary N) is 1. The number of aromatic nitrogens is 1. The maximum absolute atomic E-state index is 11.6. The third-order valence-electron chi connectivity index (χ3n) is 2.20. The van der Waals surface area contributed by atoms with E-state index in [1.807, 2.05) is 17.5 Å². The van der Waals surface area contributed by atoms with E-state index in [0.29, 0.717) is 12.2 Å². The summed E-state index contributed by atoms with van der Waals surface area (Å²) in [6.07, 6.45) is 1.59. The van der Waals surface area contributed by atoms with Gasteiger partial charge in [-0.15, -0.1) is 11.3 Å². The van der Waals surface area contributed by atoms with Gasteiger partial charge in [0.15, 0.2) is 0 Å². The summed E-state index contributed by atoms with van der Waals surface area (Å²) in [6.45, 7) is 0.703. The second-order valence-electron chi connectivity index (χ2n) is 3.41. The summed E-state index contributed by atoms with van der Waals surface area (Å²) in [5.74, 6) is -0.415. The Kier molecular flexibility index (Phi) is 3.85. The Labute approximate surface area is 103 Å². The zero-order valence-corrected chi connectivity index (χ0v) is 9.94. The molecule has 0 fully saturated rings. The van der Waals surface area contributed by atoms with E-state index in [-0.39, 0.29) is 6.61 Å². The molecule has 2 N–H and O–H groups in total. The Bertz CT molecular complexity index is 480. The molecule has 0 atom stereocenters. The van der Waals surface area contributed by atoms with Crippen LogP contribution in [0.15, 0.2) is 35.8 Å². The zero-order valence-electron chi connectivity index (χ0n) is 9.13. The molecule has 0 saturated heterocycles. The van der Waals surface area contributed by atoms with Gasteiger partial charge < -0.3 is 10.5 Å². The van der Waals surface area contributed by atoms with E-state index in [1.54, 1.807) is 29.7 Å². The molecule has 17 heavy (non-hydrogen) atoms. The van der Waals surface area contributed by atoms with Gasteiger partial charge in [-0.1, -0.05) is 12.1 Å². The fraction of sp³-hybridized carbons (Fsp3) is 0.167. The molecular formula is C12H12N2O2S. The van der Waals surface area contributed by atoms with Gasteiger partial charge in [0, 0.05) is 17.6 Å². The molecule has 0 saturated carbocycles. The molecule has 0 radical (unpaired) electrons. The van der Waals surface area contributed by atoms with Crippen LogP contribution in [0.5, 0.6) is 0 Å². The minimum Gasteiger partial charge on any atom is -0.455 e. The van der Waals surface area contributed by atoms with Gasteiger partial charge in [0.2, 0.25) is 0 Å². The predicted molar refractivity (Wildman–Crippen MR) is 65.6 cm³/mol. The molecule has 0 aliphatic heterocycles. The van der Waals surface area contributed by atoms with E-state index in [2.05, 4.69) is 4.98 Å². The first-order chi connectivity index (χ1) is 8.29. The second-order valence-corrected chi connectivity index (χ2v) is 4.44. The van der Waals surface area contributed by atoms with Gasteiger partial charge >= 0.3 is 5.97 Å². The minimum absolute atomic E-state index is 0.289. The summed E-state index contributed by atoms with van der Waals surface area (Å²) in [6, 6.07) is 7.23. The van der Waals surface area contributed by atoms with Crippen molar-refractivity contribution in [1.29, 1.82) is 0 Å². The minimum atomic E-state index is -0.415. The summed E-state index contributed by atoms with van der Waals surface area (Å²) >= 11 is 1.55. The number of rotatable bonds is 4. The highest BCUT2D eigenvalue weighted by molar-refractivity contribution is 7.09. The number of nitrogens with zero attached hydrogens (tertiary/aromatic N) is 1. The molecule has 5 heteroatoms. The first-order valence-corrected chi connectivity index (χ1v) is 6.02. The standard InChI is InChI=1S/C12H12N2O2S/c13-6-9-3-4-11(14-7-9)12(15)16-8-10-2-1-5-17-10/h1-5,7H,6,8,13H2. The molecular weight excluding hydrogens is 236 g/mol. The molecule has 0 unspecified atom stereocenters. The van der Waals surface area contributed by atoms with Crippen molar-refractivity contribution in [2.75, 3.05) is 0 Å². The Morgan fingerprint density at radius 3 is 2.88 bits per heavy atom. The van der Waals surface area contributed by atoms with Gasteiger partial charge in [0.1, 0.15) is 12.3 Å². The van der Waals surface area contributed by atoms with Gasteiger partial charge in [-0.3, -0.25) is 0 Å². The highest BCUT2D eigenvalue weighted by Gasteiger charge is 2.08. The highest BCUT2D eigenvalue weighted by atomic mass is 32.1. The summed E-state index contributed by atoms with van der Waals surface area (Å²) in [4.78, 5) is 16.6. The highest BCUT2D eigenvalue weighted by Crippen LogP contribution is 2.11. The SMILES string of the molecule is NCc1ccc(C(=O)OCc2cccs2)nc1. The van der Waals surface area contributed by atoms with Crippen LogP contribution in [-0.4, -0.2) is 11.0 Å². The molecule has 2 aromatic rings. The number of pyridine rings is 1. The fourth-order valence-electron chi connectivity index (χ4n) is 1.27. The van der Waals surface area contributed by atoms with Crippen molar-refractivity contribution in [2.24, 2.45) is 5.73 Å². The van der Waals surface area contributed by atoms with Crippen LogP contribution in [0.3, 0.4) is 0 Å². The summed E-state index contributed by atoms with van der Waals surface area (Å²) in [5, 5.41) is 1.94. The Balaban J connectivity index is 1.95. The molecule has 2 heterocycles. The second kappa shape index (κ2) is 5.56. The van der Waals surface area contributed by atoms with Crippen LogP contribution in [0.2, 0.25) is 0 Å². The Morgan fingerprint density at radius 1 is 1.41 bits per heavy atom. The lowest BCUT2D eigenvalue weighted by molar-refractivity contribution is 0.0470. The molecule has 4 nitrogen and oxygen atoms in total. The van der Waals surface area contributed by atoms with Crippen molar-refractivity contribution < 1.29 is 9.53 Å². The monoisotopic (exact) mass is 248 g/mol. The molecule has 0 aliphatic carbocycles. The number of carbonyl (C=O) groups excluding carboxylic acids is 1. The van der Waals surface area contributed by atoms with Crippen LogP contribution >= 0.6 is 11.3 Å². The lowest BCUT2D eigenvalue weighted by atomic mass is 10.2. The van der Waals surface area contributed by atoms with Crippen molar-refractivity contribution in [3.63, 3.8) is 0 Å². The van der Waals surface area contributed by atoms with Crippen LogP contribution < -0.4 is 5.73 Å². The summed E-state index contributed by atoms with van der Waals surface area (Å²) in [5.41, 5.74) is 6.64. The lowest BCUT2D eigenvalue weighted by Crippen LogP contribution is -2.07. The smallest absolute Gasteiger partial charge is 0.357 e. The third-order valence-corrected chi connectivity index (χ3v) is 3.05. The van der Waals surface area contributed by atoms with Crippen molar-refractivity contribution >= 4 is 17.3 Å². The van der Waals surface area contributed by atoms with E-state index in [1.165, 1.54) is 0 Å². The van der Waals surface area contributed by atoms with E-state index < -0.39 is 5.97 Å². The van der Waals surface area contributed by atoms with Crippen LogP contribution in [0.25, 0.3) is 0 Å². The first kappa shape index (κ1) is 11.8. The summed E-state index contributed by atoms with van der Waals surface area (Å²) < 4.78 is 5.12. The third kappa shape index (κ3) is 3.12. The quantitative estimate of drug-likeness (QED) is 0.840. The Hall–Kier alpha value is -1.72. The fourth-order valence-corrected chi connectivity index (χ4v) is 1.89.